The molecule has 1 aliphatic carbocycles. The Morgan fingerprint density at radius 2 is 2.03 bits per heavy atom. The van der Waals surface area contributed by atoms with Gasteiger partial charge in [0, 0.05) is 12.0 Å². The van der Waals surface area contributed by atoms with Gasteiger partial charge in [0.05, 0.1) is 12.9 Å². The topological polar surface area (TPSA) is 126 Å². The second-order valence-electron chi connectivity index (χ2n) is 7.63. The molecule has 0 aromatic carbocycles. The van der Waals surface area contributed by atoms with E-state index in [0.29, 0.717) is 22.9 Å². The second kappa shape index (κ2) is 8.05. The molecule has 3 aromatic heterocycles. The summed E-state index contributed by atoms with van der Waals surface area (Å²) >= 11 is 1.69. The molecule has 158 valence electrons. The van der Waals surface area contributed by atoms with Gasteiger partial charge in [-0.2, -0.15) is 11.3 Å². The third-order valence-corrected chi connectivity index (χ3v) is 6.58. The van der Waals surface area contributed by atoms with E-state index in [-0.39, 0.29) is 12.6 Å². The summed E-state index contributed by atoms with van der Waals surface area (Å²) in [6.07, 6.45) is 5.06. The minimum atomic E-state index is -1.20. The Hall–Kier alpha value is -2.37. The third-order valence-electron chi connectivity index (χ3n) is 5.88. The number of nitrogens with one attached hydrogen (secondary N) is 1. The number of ether oxygens (including phenoxy) is 1. The number of thiophene rings is 1. The van der Waals surface area contributed by atoms with Crippen molar-refractivity contribution in [3.63, 3.8) is 0 Å². The maximum atomic E-state index is 10.4. The Labute approximate surface area is 176 Å². The first-order valence-corrected chi connectivity index (χ1v) is 10.8. The van der Waals surface area contributed by atoms with Crippen LogP contribution in [0, 0.1) is 0 Å². The molecule has 1 saturated heterocycles. The summed E-state index contributed by atoms with van der Waals surface area (Å²) in [5.74, 6) is 0.958. The molecule has 3 aromatic rings. The van der Waals surface area contributed by atoms with Crippen molar-refractivity contribution < 1.29 is 20.1 Å². The van der Waals surface area contributed by atoms with Gasteiger partial charge >= 0.3 is 0 Å². The quantitative estimate of drug-likeness (QED) is 0.449. The molecule has 0 unspecified atom stereocenters. The van der Waals surface area contributed by atoms with Crippen LogP contribution in [0.25, 0.3) is 11.2 Å². The van der Waals surface area contributed by atoms with E-state index in [2.05, 4.69) is 49.2 Å². The van der Waals surface area contributed by atoms with Crippen LogP contribution in [0.1, 0.15) is 30.6 Å². The normalized spacial score (nSPS) is 31.4. The van der Waals surface area contributed by atoms with Crippen molar-refractivity contribution in [3.05, 3.63) is 47.2 Å². The number of aromatic nitrogens is 4. The van der Waals surface area contributed by atoms with Crippen molar-refractivity contribution in [1.29, 1.82) is 0 Å². The fourth-order valence-electron chi connectivity index (χ4n) is 4.26. The number of imidazole rings is 1. The zero-order valence-electron chi connectivity index (χ0n) is 16.1. The second-order valence-corrected chi connectivity index (χ2v) is 8.41. The maximum absolute atomic E-state index is 10.4. The third kappa shape index (κ3) is 3.30. The van der Waals surface area contributed by atoms with Crippen molar-refractivity contribution in [2.45, 2.75) is 49.3 Å². The average molecular weight is 430 g/mol. The van der Waals surface area contributed by atoms with Crippen LogP contribution in [0.5, 0.6) is 0 Å². The summed E-state index contributed by atoms with van der Waals surface area (Å²) in [6, 6.07) is 2.33. The van der Waals surface area contributed by atoms with E-state index in [4.69, 9.17) is 4.74 Å². The van der Waals surface area contributed by atoms with Gasteiger partial charge in [-0.3, -0.25) is 4.57 Å². The fourth-order valence-corrected chi connectivity index (χ4v) is 4.98. The number of nitrogens with zero attached hydrogens (tertiary/aromatic N) is 4. The summed E-state index contributed by atoms with van der Waals surface area (Å²) in [6.45, 7) is -0.387. The molecule has 1 fully saturated rings. The predicted octanol–water partition coefficient (Wildman–Crippen LogP) is 1.41. The molecule has 4 N–H and O–H groups in total. The van der Waals surface area contributed by atoms with Gasteiger partial charge in [-0.15, -0.1) is 0 Å². The Kier molecular flexibility index (Phi) is 5.25. The first-order chi connectivity index (χ1) is 14.7. The number of fused-ring (bicyclic) bond motifs is 1. The number of hydrogen-bond acceptors (Lipinski definition) is 9. The van der Waals surface area contributed by atoms with Gasteiger partial charge in [0.1, 0.15) is 24.6 Å². The Morgan fingerprint density at radius 1 is 1.17 bits per heavy atom. The van der Waals surface area contributed by atoms with Crippen LogP contribution in [0.3, 0.4) is 0 Å². The van der Waals surface area contributed by atoms with Crippen LogP contribution >= 0.6 is 11.3 Å². The fraction of sp³-hybridized carbons (Fsp3) is 0.450. The highest BCUT2D eigenvalue weighted by Crippen LogP contribution is 2.35. The number of aliphatic hydroxyl groups excluding tert-OH is 3. The van der Waals surface area contributed by atoms with Gasteiger partial charge in [0.25, 0.3) is 0 Å². The minimum Gasteiger partial charge on any atom is -0.394 e. The molecule has 0 saturated carbocycles. The maximum Gasteiger partial charge on any atom is 0.167 e. The predicted molar refractivity (Wildman–Crippen MR) is 111 cm³/mol. The van der Waals surface area contributed by atoms with E-state index in [1.54, 1.807) is 15.9 Å². The Morgan fingerprint density at radius 3 is 2.80 bits per heavy atom. The summed E-state index contributed by atoms with van der Waals surface area (Å²) in [5.41, 5.74) is 2.36. The van der Waals surface area contributed by atoms with E-state index < -0.39 is 24.5 Å². The van der Waals surface area contributed by atoms with Crippen molar-refractivity contribution in [2.75, 3.05) is 11.9 Å². The number of rotatable bonds is 5. The van der Waals surface area contributed by atoms with Crippen LogP contribution in [-0.2, 0) is 4.74 Å². The van der Waals surface area contributed by atoms with Gasteiger partial charge in [-0.1, -0.05) is 12.2 Å². The molecule has 2 aliphatic rings. The van der Waals surface area contributed by atoms with Crippen molar-refractivity contribution in [1.82, 2.24) is 19.5 Å². The molecule has 0 amide bonds. The lowest BCUT2D eigenvalue weighted by Crippen LogP contribution is -2.33. The molecule has 1 aliphatic heterocycles. The van der Waals surface area contributed by atoms with E-state index in [0.717, 1.165) is 12.8 Å². The molecule has 0 spiro atoms. The molecular formula is C20H23N5O4S. The highest BCUT2D eigenvalue weighted by Gasteiger charge is 2.44. The Balaban J connectivity index is 1.45. The average Bonchev–Trinajstić information content (AvgIpc) is 3.50. The summed E-state index contributed by atoms with van der Waals surface area (Å²) < 4.78 is 7.20. The van der Waals surface area contributed by atoms with E-state index >= 15 is 0 Å². The molecular weight excluding hydrogens is 406 g/mol. The number of anilines is 1. The zero-order chi connectivity index (χ0) is 20.7. The van der Waals surface area contributed by atoms with Gasteiger partial charge < -0.3 is 25.4 Å². The molecule has 0 radical (unpaired) electrons. The van der Waals surface area contributed by atoms with Gasteiger partial charge in [-0.25, -0.2) is 15.0 Å². The first kappa shape index (κ1) is 19.6. The lowest BCUT2D eigenvalue weighted by Gasteiger charge is -2.29. The number of aliphatic hydroxyl groups is 3. The highest BCUT2D eigenvalue weighted by molar-refractivity contribution is 7.08. The minimum absolute atomic E-state index is 0.168. The summed E-state index contributed by atoms with van der Waals surface area (Å²) in [7, 11) is 0. The van der Waals surface area contributed by atoms with Crippen molar-refractivity contribution in [3.8, 4) is 0 Å². The van der Waals surface area contributed by atoms with E-state index in [1.807, 2.05) is 0 Å². The van der Waals surface area contributed by atoms with Gasteiger partial charge in [-0.05, 0) is 35.2 Å². The smallest absolute Gasteiger partial charge is 0.167 e. The van der Waals surface area contributed by atoms with E-state index in [9.17, 15) is 15.3 Å². The van der Waals surface area contributed by atoms with Crippen LogP contribution in [0.15, 0.2) is 41.6 Å². The monoisotopic (exact) mass is 429 g/mol. The molecule has 6 atom stereocenters. The van der Waals surface area contributed by atoms with Crippen molar-refractivity contribution in [2.24, 2.45) is 0 Å². The molecule has 5 rings (SSSR count). The van der Waals surface area contributed by atoms with Crippen LogP contribution in [0.2, 0.25) is 0 Å². The van der Waals surface area contributed by atoms with Crippen LogP contribution in [0.4, 0.5) is 5.82 Å². The molecule has 4 heterocycles. The summed E-state index contributed by atoms with van der Waals surface area (Å²) in [4.78, 5) is 13.2. The standard InChI is InChI=1S/C20H23N5O4S/c26-7-14-16(27)17(28)20(29-14)25-10-23-15-18(21-9-22-19(15)25)24-13-4-2-1-3-12(13)11-5-6-30-8-11/h1-2,5-6,8-10,12-14,16-17,20,26-28H,3-4,7H2,(H,21,22,24)/t12-,13+,14+,16+,17+,20+/m0/s1. The van der Waals surface area contributed by atoms with E-state index in [1.165, 1.54) is 18.2 Å². The Bertz CT molecular complexity index is 1040. The lowest BCUT2D eigenvalue weighted by molar-refractivity contribution is -0.0511. The molecule has 0 bridgehead atoms. The number of allylic oxidation sites excluding steroid dienone is 1. The number of hydrogen-bond donors (Lipinski definition) is 4. The van der Waals surface area contributed by atoms with Crippen molar-refractivity contribution >= 4 is 28.3 Å². The highest BCUT2D eigenvalue weighted by atomic mass is 32.1. The first-order valence-electron chi connectivity index (χ1n) is 9.91. The largest absolute Gasteiger partial charge is 0.394 e. The van der Waals surface area contributed by atoms with Crippen LogP contribution in [-0.4, -0.2) is 65.8 Å². The van der Waals surface area contributed by atoms with Gasteiger partial charge in [0.15, 0.2) is 23.2 Å². The van der Waals surface area contributed by atoms with Gasteiger partial charge in [0.2, 0.25) is 0 Å². The molecule has 10 heteroatoms. The SMILES string of the molecule is OC[C@H]1O[C@@H](n2cnc3c(N[C@@H]4CC=CC[C@H]4c4ccsc4)ncnc32)[C@H](O)[C@@H]1O. The van der Waals surface area contributed by atoms with Crippen LogP contribution < -0.4 is 5.32 Å². The lowest BCUT2D eigenvalue weighted by atomic mass is 9.85. The summed E-state index contributed by atoms with van der Waals surface area (Å²) in [5, 5.41) is 37.6. The zero-order valence-corrected chi connectivity index (χ0v) is 16.9. The molecule has 9 nitrogen and oxygen atoms in total. The molecule has 30 heavy (non-hydrogen) atoms.